The minimum atomic E-state index is 0.668. The standard InChI is InChI=1S/C19H18N6O/c1-2-5-14(6-3-1)25-19-15(13-21-25)18(24-9-11-26-12-10-24)22-17(23-19)16-7-4-8-20-16/h1-8,13,20H,9-12H2. The van der Waals surface area contributed by atoms with E-state index in [2.05, 4.69) is 15.0 Å². The molecule has 0 bridgehead atoms. The fourth-order valence-corrected chi connectivity index (χ4v) is 3.26. The van der Waals surface area contributed by atoms with Crippen molar-refractivity contribution in [2.75, 3.05) is 31.2 Å². The number of H-pyrrole nitrogens is 1. The van der Waals surface area contributed by atoms with E-state index in [1.807, 2.05) is 59.5 Å². The first kappa shape index (κ1) is 15.1. The van der Waals surface area contributed by atoms with Gasteiger partial charge in [-0.15, -0.1) is 0 Å². The highest BCUT2D eigenvalue weighted by Gasteiger charge is 2.21. The average Bonchev–Trinajstić information content (AvgIpc) is 3.38. The van der Waals surface area contributed by atoms with Crippen LogP contribution in [0.25, 0.3) is 28.2 Å². The Labute approximate surface area is 150 Å². The van der Waals surface area contributed by atoms with Gasteiger partial charge >= 0.3 is 0 Å². The van der Waals surface area contributed by atoms with E-state index in [0.29, 0.717) is 19.0 Å². The Morgan fingerprint density at radius 3 is 2.58 bits per heavy atom. The molecular weight excluding hydrogens is 328 g/mol. The number of hydrogen-bond acceptors (Lipinski definition) is 5. The Bertz CT molecular complexity index is 1020. The molecule has 0 saturated carbocycles. The van der Waals surface area contributed by atoms with Crippen molar-refractivity contribution in [2.45, 2.75) is 0 Å². The van der Waals surface area contributed by atoms with Gasteiger partial charge in [-0.2, -0.15) is 5.10 Å². The van der Waals surface area contributed by atoms with Gasteiger partial charge in [0.1, 0.15) is 5.82 Å². The zero-order valence-corrected chi connectivity index (χ0v) is 14.2. The molecule has 4 aromatic rings. The van der Waals surface area contributed by atoms with Crippen LogP contribution in [0, 0.1) is 0 Å². The van der Waals surface area contributed by atoms with Gasteiger partial charge < -0.3 is 14.6 Å². The van der Waals surface area contributed by atoms with Gasteiger partial charge in [-0.25, -0.2) is 14.6 Å². The van der Waals surface area contributed by atoms with Crippen LogP contribution in [0.4, 0.5) is 5.82 Å². The summed E-state index contributed by atoms with van der Waals surface area (Å²) in [4.78, 5) is 15.1. The molecule has 1 aliphatic rings. The van der Waals surface area contributed by atoms with Crippen LogP contribution in [-0.2, 0) is 4.74 Å². The van der Waals surface area contributed by atoms with E-state index in [1.165, 1.54) is 0 Å². The van der Waals surface area contributed by atoms with Crippen molar-refractivity contribution < 1.29 is 4.74 Å². The summed E-state index contributed by atoms with van der Waals surface area (Å²) >= 11 is 0. The molecule has 0 spiro atoms. The van der Waals surface area contributed by atoms with Gasteiger partial charge in [-0.05, 0) is 24.3 Å². The van der Waals surface area contributed by atoms with Crippen molar-refractivity contribution in [3.63, 3.8) is 0 Å². The molecule has 0 amide bonds. The number of morpholine rings is 1. The van der Waals surface area contributed by atoms with Gasteiger partial charge in [0.25, 0.3) is 0 Å². The molecule has 1 saturated heterocycles. The summed E-state index contributed by atoms with van der Waals surface area (Å²) in [7, 11) is 0. The summed E-state index contributed by atoms with van der Waals surface area (Å²) in [6, 6.07) is 14.0. The number of para-hydroxylation sites is 1. The minimum absolute atomic E-state index is 0.668. The molecule has 1 aliphatic heterocycles. The van der Waals surface area contributed by atoms with Crippen molar-refractivity contribution >= 4 is 16.9 Å². The molecule has 4 heterocycles. The maximum absolute atomic E-state index is 5.50. The third-order valence-electron chi connectivity index (χ3n) is 4.56. The first-order valence-corrected chi connectivity index (χ1v) is 8.68. The summed E-state index contributed by atoms with van der Waals surface area (Å²) in [5.41, 5.74) is 2.67. The van der Waals surface area contributed by atoms with Crippen molar-refractivity contribution in [3.8, 4) is 17.2 Å². The Morgan fingerprint density at radius 2 is 1.81 bits per heavy atom. The predicted molar refractivity (Wildman–Crippen MR) is 99.5 cm³/mol. The SMILES string of the molecule is c1ccc(-n2ncc3c(N4CCOCC4)nc(-c4ccc[nH]4)nc32)cc1. The fourth-order valence-electron chi connectivity index (χ4n) is 3.26. The number of rotatable bonds is 3. The van der Waals surface area contributed by atoms with E-state index in [-0.39, 0.29) is 0 Å². The number of anilines is 1. The second kappa shape index (κ2) is 6.27. The van der Waals surface area contributed by atoms with E-state index < -0.39 is 0 Å². The molecule has 7 heteroatoms. The number of aromatic nitrogens is 5. The van der Waals surface area contributed by atoms with Crippen molar-refractivity contribution in [2.24, 2.45) is 0 Å². The average molecular weight is 346 g/mol. The Hall–Kier alpha value is -3.19. The molecule has 130 valence electrons. The quantitative estimate of drug-likeness (QED) is 0.617. The van der Waals surface area contributed by atoms with Crippen LogP contribution in [0.3, 0.4) is 0 Å². The largest absolute Gasteiger partial charge is 0.378 e. The molecule has 0 unspecified atom stereocenters. The third kappa shape index (κ3) is 2.53. The zero-order chi connectivity index (χ0) is 17.3. The molecule has 1 aromatic carbocycles. The van der Waals surface area contributed by atoms with Crippen molar-refractivity contribution in [1.29, 1.82) is 0 Å². The Kier molecular flexibility index (Phi) is 3.64. The van der Waals surface area contributed by atoms with Crippen LogP contribution in [-0.4, -0.2) is 51.0 Å². The molecule has 1 N–H and O–H groups in total. The molecular formula is C19H18N6O. The predicted octanol–water partition coefficient (Wildman–Crippen LogP) is 2.65. The van der Waals surface area contributed by atoms with E-state index in [1.54, 1.807) is 0 Å². The summed E-state index contributed by atoms with van der Waals surface area (Å²) in [5.74, 6) is 1.58. The van der Waals surface area contributed by atoms with Crippen LogP contribution < -0.4 is 4.90 Å². The Morgan fingerprint density at radius 1 is 0.962 bits per heavy atom. The van der Waals surface area contributed by atoms with Crippen LogP contribution in [0.5, 0.6) is 0 Å². The zero-order valence-electron chi connectivity index (χ0n) is 14.2. The molecule has 0 atom stereocenters. The normalized spacial score (nSPS) is 14.8. The monoisotopic (exact) mass is 346 g/mol. The number of benzene rings is 1. The summed E-state index contributed by atoms with van der Waals surface area (Å²) in [5, 5.41) is 5.54. The fraction of sp³-hybridized carbons (Fsp3) is 0.211. The van der Waals surface area contributed by atoms with E-state index >= 15 is 0 Å². The molecule has 3 aromatic heterocycles. The topological polar surface area (TPSA) is 71.9 Å². The number of hydrogen-bond donors (Lipinski definition) is 1. The maximum Gasteiger partial charge on any atom is 0.180 e. The van der Waals surface area contributed by atoms with Gasteiger partial charge in [0.05, 0.1) is 36.2 Å². The second-order valence-corrected chi connectivity index (χ2v) is 6.18. The van der Waals surface area contributed by atoms with Gasteiger partial charge in [-0.3, -0.25) is 0 Å². The highest BCUT2D eigenvalue weighted by atomic mass is 16.5. The van der Waals surface area contributed by atoms with Gasteiger partial charge in [0.2, 0.25) is 0 Å². The lowest BCUT2D eigenvalue weighted by Gasteiger charge is -2.28. The molecule has 1 fully saturated rings. The van der Waals surface area contributed by atoms with Gasteiger partial charge in [-0.1, -0.05) is 18.2 Å². The highest BCUT2D eigenvalue weighted by molar-refractivity contribution is 5.89. The molecule has 26 heavy (non-hydrogen) atoms. The van der Waals surface area contributed by atoms with Crippen molar-refractivity contribution in [3.05, 3.63) is 54.9 Å². The smallest absolute Gasteiger partial charge is 0.180 e. The van der Waals surface area contributed by atoms with Crippen LogP contribution in [0.1, 0.15) is 0 Å². The minimum Gasteiger partial charge on any atom is -0.378 e. The molecule has 5 rings (SSSR count). The second-order valence-electron chi connectivity index (χ2n) is 6.18. The first-order valence-electron chi connectivity index (χ1n) is 8.68. The third-order valence-corrected chi connectivity index (χ3v) is 4.56. The van der Waals surface area contributed by atoms with Crippen LogP contribution >= 0.6 is 0 Å². The molecule has 7 nitrogen and oxygen atoms in total. The van der Waals surface area contributed by atoms with E-state index in [9.17, 15) is 0 Å². The van der Waals surface area contributed by atoms with E-state index in [0.717, 1.165) is 41.3 Å². The lowest BCUT2D eigenvalue weighted by atomic mass is 10.3. The van der Waals surface area contributed by atoms with E-state index in [4.69, 9.17) is 14.7 Å². The summed E-state index contributed by atoms with van der Waals surface area (Å²) < 4.78 is 7.37. The summed E-state index contributed by atoms with van der Waals surface area (Å²) in [6.07, 6.45) is 3.73. The number of nitrogens with zero attached hydrogens (tertiary/aromatic N) is 5. The number of ether oxygens (including phenoxy) is 1. The number of aromatic amines is 1. The lowest BCUT2D eigenvalue weighted by molar-refractivity contribution is 0.122. The molecule has 0 radical (unpaired) electrons. The number of nitrogens with one attached hydrogen (secondary N) is 1. The lowest BCUT2D eigenvalue weighted by Crippen LogP contribution is -2.37. The molecule has 0 aliphatic carbocycles. The van der Waals surface area contributed by atoms with Crippen molar-refractivity contribution in [1.82, 2.24) is 24.7 Å². The highest BCUT2D eigenvalue weighted by Crippen LogP contribution is 2.28. The van der Waals surface area contributed by atoms with Gasteiger partial charge in [0.15, 0.2) is 11.5 Å². The van der Waals surface area contributed by atoms with Crippen LogP contribution in [0.15, 0.2) is 54.9 Å². The maximum atomic E-state index is 5.50. The number of fused-ring (bicyclic) bond motifs is 1. The summed E-state index contributed by atoms with van der Waals surface area (Å²) in [6.45, 7) is 3.03. The van der Waals surface area contributed by atoms with Crippen LogP contribution in [0.2, 0.25) is 0 Å². The first-order chi connectivity index (χ1) is 12.9. The van der Waals surface area contributed by atoms with Gasteiger partial charge in [0, 0.05) is 19.3 Å². The Balaban J connectivity index is 1.73.